The number of nitrogens with one attached hydrogen (secondary N) is 3. The van der Waals surface area contributed by atoms with Gasteiger partial charge in [-0.05, 0) is 55.5 Å². The molecule has 2 aromatic rings. The number of ether oxygens (including phenoxy) is 3. The normalized spacial score (nSPS) is 10.2. The highest BCUT2D eigenvalue weighted by molar-refractivity contribution is 9.10. The van der Waals surface area contributed by atoms with E-state index in [0.29, 0.717) is 41.9 Å². The topological polar surface area (TPSA) is 97.9 Å². The van der Waals surface area contributed by atoms with E-state index in [2.05, 4.69) is 32.1 Å². The van der Waals surface area contributed by atoms with Gasteiger partial charge in [0.25, 0.3) is 11.8 Å². The molecule has 0 saturated heterocycles. The van der Waals surface area contributed by atoms with Gasteiger partial charge >= 0.3 is 0 Å². The number of carbonyl (C=O) groups excluding carboxylic acids is 2. The average molecular weight is 531 g/mol. The Morgan fingerprint density at radius 3 is 2.65 bits per heavy atom. The van der Waals surface area contributed by atoms with E-state index in [-0.39, 0.29) is 11.7 Å². The first-order valence-corrected chi connectivity index (χ1v) is 10.8. The molecule has 0 unspecified atom stereocenters. The number of hydrogen-bond donors (Lipinski definition) is 3. The summed E-state index contributed by atoms with van der Waals surface area (Å²) in [6.45, 7) is 3.04. The first-order valence-electron chi connectivity index (χ1n) is 9.17. The van der Waals surface area contributed by atoms with Crippen molar-refractivity contribution < 1.29 is 23.8 Å². The lowest BCUT2D eigenvalue weighted by Gasteiger charge is -2.12. The minimum atomic E-state index is -0.514. The summed E-state index contributed by atoms with van der Waals surface area (Å²) in [5.41, 5.74) is 5.11. The average Bonchev–Trinajstić information content (AvgIpc) is 2.75. The van der Waals surface area contributed by atoms with Crippen molar-refractivity contribution in [3.63, 3.8) is 0 Å². The molecule has 0 fully saturated rings. The van der Waals surface area contributed by atoms with Gasteiger partial charge < -0.3 is 14.2 Å². The molecule has 0 aliphatic rings. The van der Waals surface area contributed by atoms with E-state index in [1.807, 2.05) is 6.92 Å². The molecule has 0 heterocycles. The van der Waals surface area contributed by atoms with Crippen LogP contribution in [0.5, 0.6) is 11.5 Å². The summed E-state index contributed by atoms with van der Waals surface area (Å²) in [5.74, 6) is -0.0808. The minimum absolute atomic E-state index is 0.0808. The van der Waals surface area contributed by atoms with E-state index in [4.69, 9.17) is 38.0 Å². The predicted octanol–water partition coefficient (Wildman–Crippen LogP) is 3.23. The molecule has 0 atom stereocenters. The molecule has 31 heavy (non-hydrogen) atoms. The molecule has 0 aromatic heterocycles. The Morgan fingerprint density at radius 1 is 1.10 bits per heavy atom. The third-order valence-corrected chi connectivity index (χ3v) is 4.58. The lowest BCUT2D eigenvalue weighted by atomic mass is 10.2. The Bertz CT molecular complexity index is 931. The van der Waals surface area contributed by atoms with E-state index in [0.717, 1.165) is 4.47 Å². The van der Waals surface area contributed by atoms with Crippen molar-refractivity contribution in [1.29, 1.82) is 0 Å². The predicted molar refractivity (Wildman–Crippen MR) is 124 cm³/mol. The minimum Gasteiger partial charge on any atom is -0.491 e. The molecule has 0 aliphatic carbocycles. The van der Waals surface area contributed by atoms with Crippen molar-refractivity contribution in [1.82, 2.24) is 16.2 Å². The fourth-order valence-corrected chi connectivity index (χ4v) is 3.07. The lowest BCUT2D eigenvalue weighted by molar-refractivity contribution is -0.123. The summed E-state index contributed by atoms with van der Waals surface area (Å²) in [6, 6.07) is 11.6. The summed E-state index contributed by atoms with van der Waals surface area (Å²) in [4.78, 5) is 24.2. The molecule has 2 aromatic carbocycles. The summed E-state index contributed by atoms with van der Waals surface area (Å²) in [7, 11) is 0. The van der Waals surface area contributed by atoms with Gasteiger partial charge in [0.1, 0.15) is 18.1 Å². The second kappa shape index (κ2) is 13.1. The summed E-state index contributed by atoms with van der Waals surface area (Å²) < 4.78 is 16.9. The Hall–Kier alpha value is -2.40. The van der Waals surface area contributed by atoms with Crippen molar-refractivity contribution in [2.45, 2.75) is 6.92 Å². The Balaban J connectivity index is 1.75. The monoisotopic (exact) mass is 529 g/mol. The number of hydrazine groups is 1. The van der Waals surface area contributed by atoms with Crippen LogP contribution in [0.25, 0.3) is 0 Å². The van der Waals surface area contributed by atoms with Gasteiger partial charge in [0.2, 0.25) is 0 Å². The fraction of sp³-hybridized carbons (Fsp3) is 0.250. The van der Waals surface area contributed by atoms with Crippen molar-refractivity contribution in [2.24, 2.45) is 0 Å². The Labute approximate surface area is 198 Å². The second-order valence-corrected chi connectivity index (χ2v) is 7.62. The van der Waals surface area contributed by atoms with Crippen molar-refractivity contribution in [3.8, 4) is 11.5 Å². The largest absolute Gasteiger partial charge is 0.491 e. The quantitative estimate of drug-likeness (QED) is 0.260. The molecule has 2 amide bonds. The van der Waals surface area contributed by atoms with E-state index < -0.39 is 11.8 Å². The van der Waals surface area contributed by atoms with Crippen LogP contribution in [0.3, 0.4) is 0 Å². The molecule has 0 saturated carbocycles. The van der Waals surface area contributed by atoms with Crippen LogP contribution in [0, 0.1) is 0 Å². The first-order chi connectivity index (χ1) is 14.9. The maximum absolute atomic E-state index is 12.3. The molecule has 11 heteroatoms. The van der Waals surface area contributed by atoms with Crippen LogP contribution in [0.2, 0.25) is 5.02 Å². The summed E-state index contributed by atoms with van der Waals surface area (Å²) in [5, 5.41) is 2.75. The molecule has 166 valence electrons. The van der Waals surface area contributed by atoms with Crippen LogP contribution in [-0.4, -0.2) is 43.4 Å². The second-order valence-electron chi connectivity index (χ2n) is 5.89. The van der Waals surface area contributed by atoms with Crippen LogP contribution < -0.4 is 25.6 Å². The standard InChI is InChI=1S/C20H21BrClN3O5S/c1-2-28-8-9-29-15-5-3-4-13(10-15)19(27)23-20(31)25-24-18(26)12-30-17-7-6-14(21)11-16(17)22/h3-7,10-11H,2,8-9,12H2,1H3,(H,24,26)(H2,23,25,27,31). The zero-order valence-corrected chi connectivity index (χ0v) is 19.7. The molecular formula is C20H21BrClN3O5S. The number of amides is 2. The Kier molecular flexibility index (Phi) is 10.5. The third-order valence-electron chi connectivity index (χ3n) is 3.59. The number of benzene rings is 2. The van der Waals surface area contributed by atoms with Crippen LogP contribution in [0.15, 0.2) is 46.9 Å². The van der Waals surface area contributed by atoms with Gasteiger partial charge in [-0.15, -0.1) is 0 Å². The fourth-order valence-electron chi connectivity index (χ4n) is 2.19. The highest BCUT2D eigenvalue weighted by Gasteiger charge is 2.11. The van der Waals surface area contributed by atoms with Crippen molar-refractivity contribution in [3.05, 3.63) is 57.5 Å². The van der Waals surface area contributed by atoms with E-state index in [1.54, 1.807) is 42.5 Å². The lowest BCUT2D eigenvalue weighted by Crippen LogP contribution is -2.49. The zero-order chi connectivity index (χ0) is 22.6. The highest BCUT2D eigenvalue weighted by atomic mass is 79.9. The molecule has 3 N–H and O–H groups in total. The summed E-state index contributed by atoms with van der Waals surface area (Å²) >= 11 is 14.3. The SMILES string of the molecule is CCOCCOc1cccc(C(=O)NC(=S)NNC(=O)COc2ccc(Br)cc2Cl)c1. The number of halogens is 2. The molecule has 0 aliphatic heterocycles. The van der Waals surface area contributed by atoms with Gasteiger partial charge in [-0.1, -0.05) is 33.6 Å². The molecule has 8 nitrogen and oxygen atoms in total. The zero-order valence-electron chi connectivity index (χ0n) is 16.6. The van der Waals surface area contributed by atoms with Gasteiger partial charge in [0.15, 0.2) is 11.7 Å². The number of carbonyl (C=O) groups is 2. The van der Waals surface area contributed by atoms with Gasteiger partial charge in [-0.25, -0.2) is 0 Å². The molecular weight excluding hydrogens is 510 g/mol. The van der Waals surface area contributed by atoms with Crippen molar-refractivity contribution >= 4 is 56.7 Å². The molecule has 0 spiro atoms. The van der Waals surface area contributed by atoms with Crippen LogP contribution in [-0.2, 0) is 9.53 Å². The van der Waals surface area contributed by atoms with Crippen LogP contribution in [0.1, 0.15) is 17.3 Å². The number of rotatable bonds is 9. The van der Waals surface area contributed by atoms with Crippen LogP contribution >= 0.6 is 39.7 Å². The third kappa shape index (κ3) is 9.09. The number of hydrogen-bond acceptors (Lipinski definition) is 6. The van der Waals surface area contributed by atoms with Gasteiger partial charge in [-0.3, -0.25) is 25.8 Å². The maximum atomic E-state index is 12.3. The van der Waals surface area contributed by atoms with E-state index in [1.165, 1.54) is 0 Å². The van der Waals surface area contributed by atoms with Gasteiger partial charge in [0.05, 0.1) is 11.6 Å². The maximum Gasteiger partial charge on any atom is 0.276 e. The first kappa shape index (κ1) is 24.9. The smallest absolute Gasteiger partial charge is 0.276 e. The summed E-state index contributed by atoms with van der Waals surface area (Å²) in [6.07, 6.45) is 0. The molecule has 0 bridgehead atoms. The van der Waals surface area contributed by atoms with Gasteiger partial charge in [-0.2, -0.15) is 0 Å². The Morgan fingerprint density at radius 2 is 1.90 bits per heavy atom. The molecule has 2 rings (SSSR count). The van der Waals surface area contributed by atoms with Gasteiger partial charge in [0, 0.05) is 16.6 Å². The number of thiocarbonyl (C=S) groups is 1. The molecule has 0 radical (unpaired) electrons. The van der Waals surface area contributed by atoms with E-state index >= 15 is 0 Å². The van der Waals surface area contributed by atoms with Crippen molar-refractivity contribution in [2.75, 3.05) is 26.4 Å². The van der Waals surface area contributed by atoms with Crippen LogP contribution in [0.4, 0.5) is 0 Å². The van der Waals surface area contributed by atoms with E-state index in [9.17, 15) is 9.59 Å². The highest BCUT2D eigenvalue weighted by Crippen LogP contribution is 2.27.